The first kappa shape index (κ1) is 15.8. The van der Waals surface area contributed by atoms with Crippen molar-refractivity contribution in [2.24, 2.45) is 0 Å². The van der Waals surface area contributed by atoms with Crippen molar-refractivity contribution in [3.63, 3.8) is 0 Å². The number of rotatable bonds is 4. The Kier molecular flexibility index (Phi) is 3.75. The summed E-state index contributed by atoms with van der Waals surface area (Å²) in [5, 5.41) is 15.5. The molecule has 0 atom stereocenters. The van der Waals surface area contributed by atoms with Gasteiger partial charge >= 0.3 is 6.01 Å². The first-order chi connectivity index (χ1) is 13.3. The number of pyridine rings is 1. The third kappa shape index (κ3) is 2.99. The maximum atomic E-state index is 5.76. The molecule has 0 bridgehead atoms. The van der Waals surface area contributed by atoms with Crippen molar-refractivity contribution in [2.75, 3.05) is 12.1 Å². The van der Waals surface area contributed by atoms with Crippen LogP contribution in [0.4, 0.5) is 11.7 Å². The van der Waals surface area contributed by atoms with Crippen LogP contribution in [-0.2, 0) is 0 Å². The number of nitrogens with one attached hydrogen (secondary N) is 1. The zero-order chi connectivity index (χ0) is 18.2. The number of benzene rings is 1. The average Bonchev–Trinajstić information content (AvgIpc) is 3.42. The maximum Gasteiger partial charge on any atom is 0.320 e. The second kappa shape index (κ2) is 6.40. The zero-order valence-corrected chi connectivity index (χ0v) is 15.3. The van der Waals surface area contributed by atoms with E-state index in [1.807, 2.05) is 24.3 Å². The molecule has 10 heteroatoms. The Morgan fingerprint density at radius 1 is 1.11 bits per heavy atom. The summed E-state index contributed by atoms with van der Waals surface area (Å²) in [4.78, 5) is 4.37. The van der Waals surface area contributed by atoms with E-state index < -0.39 is 0 Å². The van der Waals surface area contributed by atoms with Gasteiger partial charge in [0.2, 0.25) is 6.79 Å². The Morgan fingerprint density at radius 2 is 2.04 bits per heavy atom. The molecule has 3 aromatic heterocycles. The van der Waals surface area contributed by atoms with Gasteiger partial charge in [-0.05, 0) is 40.2 Å². The molecule has 4 aromatic rings. The SMILES string of the molecule is Brc1cnn(-c2ncccc2-c2nnc(Nc3ccc4c(c3)OCO4)o2)c1. The number of hydrogen-bond donors (Lipinski definition) is 1. The van der Waals surface area contributed by atoms with Gasteiger partial charge in [0.15, 0.2) is 17.3 Å². The minimum Gasteiger partial charge on any atom is -0.454 e. The van der Waals surface area contributed by atoms with E-state index in [4.69, 9.17) is 13.9 Å². The minimum absolute atomic E-state index is 0.219. The molecule has 0 amide bonds. The van der Waals surface area contributed by atoms with Gasteiger partial charge in [-0.1, -0.05) is 5.10 Å². The van der Waals surface area contributed by atoms with Gasteiger partial charge in [0.05, 0.1) is 16.2 Å². The fraction of sp³-hybridized carbons (Fsp3) is 0.0588. The first-order valence-electron chi connectivity index (χ1n) is 7.92. The van der Waals surface area contributed by atoms with Crippen LogP contribution in [0.3, 0.4) is 0 Å². The normalized spacial score (nSPS) is 12.3. The Balaban J connectivity index is 1.45. The van der Waals surface area contributed by atoms with Crippen LogP contribution in [0.25, 0.3) is 17.3 Å². The van der Waals surface area contributed by atoms with E-state index in [1.165, 1.54) is 0 Å². The highest BCUT2D eigenvalue weighted by atomic mass is 79.9. The summed E-state index contributed by atoms with van der Waals surface area (Å²) in [6, 6.07) is 9.36. The standard InChI is InChI=1S/C17H11BrN6O3/c18-10-7-20-24(8-10)15-12(2-1-5-19-15)16-22-23-17(27-16)21-11-3-4-13-14(6-11)26-9-25-13/h1-8H,9H2,(H,21,23). The molecule has 0 radical (unpaired) electrons. The summed E-state index contributed by atoms with van der Waals surface area (Å²) >= 11 is 3.38. The van der Waals surface area contributed by atoms with Crippen LogP contribution in [0, 0.1) is 0 Å². The molecule has 0 saturated carbocycles. The van der Waals surface area contributed by atoms with Crippen molar-refractivity contribution in [3.05, 3.63) is 53.4 Å². The molecule has 1 aliphatic rings. The van der Waals surface area contributed by atoms with Crippen LogP contribution in [0.5, 0.6) is 11.5 Å². The van der Waals surface area contributed by atoms with Gasteiger partial charge < -0.3 is 19.2 Å². The van der Waals surface area contributed by atoms with E-state index in [-0.39, 0.29) is 12.8 Å². The van der Waals surface area contributed by atoms with Crippen LogP contribution in [0.1, 0.15) is 0 Å². The Labute approximate surface area is 161 Å². The quantitative estimate of drug-likeness (QED) is 0.528. The Hall–Kier alpha value is -3.40. The van der Waals surface area contributed by atoms with Crippen molar-refractivity contribution in [2.45, 2.75) is 0 Å². The predicted molar refractivity (Wildman–Crippen MR) is 98.2 cm³/mol. The van der Waals surface area contributed by atoms with Crippen molar-refractivity contribution in [1.82, 2.24) is 25.0 Å². The molecule has 5 rings (SSSR count). The van der Waals surface area contributed by atoms with Gasteiger partial charge in [-0.25, -0.2) is 9.67 Å². The molecule has 1 aliphatic heterocycles. The lowest BCUT2D eigenvalue weighted by Gasteiger charge is -2.04. The summed E-state index contributed by atoms with van der Waals surface area (Å²) in [5.41, 5.74) is 1.41. The van der Waals surface area contributed by atoms with Gasteiger partial charge in [0, 0.05) is 24.1 Å². The van der Waals surface area contributed by atoms with Crippen LogP contribution in [-0.4, -0.2) is 31.8 Å². The number of ether oxygens (including phenoxy) is 2. The van der Waals surface area contributed by atoms with Gasteiger partial charge in [0.25, 0.3) is 5.89 Å². The molecule has 0 spiro atoms. The molecular formula is C17H11BrN6O3. The summed E-state index contributed by atoms with van der Waals surface area (Å²) < 4.78 is 18.9. The van der Waals surface area contributed by atoms with E-state index in [1.54, 1.807) is 29.3 Å². The van der Waals surface area contributed by atoms with Crippen molar-refractivity contribution in [3.8, 4) is 28.8 Å². The molecule has 1 N–H and O–H groups in total. The molecule has 4 heterocycles. The fourth-order valence-corrected chi connectivity index (χ4v) is 2.93. The fourth-order valence-electron chi connectivity index (χ4n) is 2.64. The summed E-state index contributed by atoms with van der Waals surface area (Å²) in [7, 11) is 0. The highest BCUT2D eigenvalue weighted by molar-refractivity contribution is 9.10. The van der Waals surface area contributed by atoms with E-state index >= 15 is 0 Å². The summed E-state index contributed by atoms with van der Waals surface area (Å²) in [6.07, 6.45) is 5.16. The zero-order valence-electron chi connectivity index (χ0n) is 13.7. The van der Waals surface area contributed by atoms with E-state index in [0.29, 0.717) is 28.8 Å². The number of anilines is 2. The summed E-state index contributed by atoms with van der Waals surface area (Å²) in [5.74, 6) is 2.28. The molecule has 0 aliphatic carbocycles. The van der Waals surface area contributed by atoms with Gasteiger partial charge in [-0.15, -0.1) is 5.10 Å². The maximum absolute atomic E-state index is 5.76. The molecule has 9 nitrogen and oxygen atoms in total. The number of nitrogens with zero attached hydrogens (tertiary/aromatic N) is 5. The summed E-state index contributed by atoms with van der Waals surface area (Å²) in [6.45, 7) is 0.219. The highest BCUT2D eigenvalue weighted by Gasteiger charge is 2.17. The number of halogens is 1. The molecule has 27 heavy (non-hydrogen) atoms. The van der Waals surface area contributed by atoms with Crippen molar-refractivity contribution in [1.29, 1.82) is 0 Å². The lowest BCUT2D eigenvalue weighted by molar-refractivity contribution is 0.174. The van der Waals surface area contributed by atoms with Gasteiger partial charge in [-0.2, -0.15) is 5.10 Å². The monoisotopic (exact) mass is 426 g/mol. The minimum atomic E-state index is 0.219. The Bertz CT molecular complexity index is 1130. The molecule has 0 fully saturated rings. The smallest absolute Gasteiger partial charge is 0.320 e. The van der Waals surface area contributed by atoms with Crippen molar-refractivity contribution >= 4 is 27.6 Å². The lowest BCUT2D eigenvalue weighted by Crippen LogP contribution is -2.00. The largest absolute Gasteiger partial charge is 0.454 e. The van der Waals surface area contributed by atoms with E-state index in [9.17, 15) is 0 Å². The van der Waals surface area contributed by atoms with Crippen LogP contribution < -0.4 is 14.8 Å². The first-order valence-corrected chi connectivity index (χ1v) is 8.72. The third-order valence-corrected chi connectivity index (χ3v) is 4.24. The number of aromatic nitrogens is 5. The topological polar surface area (TPSA) is 100 Å². The highest BCUT2D eigenvalue weighted by Crippen LogP contribution is 2.35. The van der Waals surface area contributed by atoms with E-state index in [2.05, 4.69) is 41.5 Å². The van der Waals surface area contributed by atoms with Gasteiger partial charge in [0.1, 0.15) is 0 Å². The molecule has 0 unspecified atom stereocenters. The second-order valence-electron chi connectivity index (χ2n) is 5.58. The number of fused-ring (bicyclic) bond motifs is 1. The van der Waals surface area contributed by atoms with Crippen LogP contribution >= 0.6 is 15.9 Å². The third-order valence-electron chi connectivity index (χ3n) is 3.83. The molecule has 134 valence electrons. The van der Waals surface area contributed by atoms with E-state index in [0.717, 1.165) is 10.2 Å². The van der Waals surface area contributed by atoms with Crippen molar-refractivity contribution < 1.29 is 13.9 Å². The Morgan fingerprint density at radius 3 is 2.93 bits per heavy atom. The molecule has 0 saturated heterocycles. The number of hydrogen-bond acceptors (Lipinski definition) is 8. The lowest BCUT2D eigenvalue weighted by atomic mass is 10.2. The average molecular weight is 427 g/mol. The molecule has 1 aromatic carbocycles. The van der Waals surface area contributed by atoms with Crippen LogP contribution in [0.2, 0.25) is 0 Å². The van der Waals surface area contributed by atoms with Crippen LogP contribution in [0.15, 0.2) is 57.8 Å². The van der Waals surface area contributed by atoms with Gasteiger partial charge in [-0.3, -0.25) is 0 Å². The molecular weight excluding hydrogens is 416 g/mol. The second-order valence-corrected chi connectivity index (χ2v) is 6.50. The predicted octanol–water partition coefficient (Wildman–Crippen LogP) is 3.55.